The highest BCUT2D eigenvalue weighted by Gasteiger charge is 2.21. The zero-order valence-corrected chi connectivity index (χ0v) is 15.3. The predicted octanol–water partition coefficient (Wildman–Crippen LogP) is -0.0107. The van der Waals surface area contributed by atoms with Crippen LogP contribution in [0.2, 0.25) is 0 Å². The highest BCUT2D eigenvalue weighted by molar-refractivity contribution is 5.77. The van der Waals surface area contributed by atoms with Crippen LogP contribution in [0.4, 0.5) is 4.39 Å². The number of halogens is 2. The van der Waals surface area contributed by atoms with Crippen LogP contribution in [0.3, 0.4) is 0 Å². The summed E-state index contributed by atoms with van der Waals surface area (Å²) in [6.45, 7) is 2.69. The first-order valence-electron chi connectivity index (χ1n) is 8.63. The van der Waals surface area contributed by atoms with Crippen molar-refractivity contribution in [3.63, 3.8) is 0 Å². The Hall–Kier alpha value is -2.11. The van der Waals surface area contributed by atoms with Crippen LogP contribution in [0.5, 0.6) is 5.75 Å². The summed E-state index contributed by atoms with van der Waals surface area (Å²) in [6.07, 6.45) is 1.83. The van der Waals surface area contributed by atoms with E-state index in [4.69, 9.17) is 4.74 Å². The van der Waals surface area contributed by atoms with Crippen LogP contribution in [0.15, 0.2) is 54.6 Å². The number of nitrogens with one attached hydrogen (secondary N) is 1. The van der Waals surface area contributed by atoms with E-state index in [-0.39, 0.29) is 36.7 Å². The number of benzene rings is 2. The molecule has 0 atom stereocenters. The van der Waals surface area contributed by atoms with Crippen molar-refractivity contribution >= 4 is 5.91 Å². The van der Waals surface area contributed by atoms with Crippen molar-refractivity contribution in [2.75, 3.05) is 19.7 Å². The van der Waals surface area contributed by atoms with Crippen LogP contribution >= 0.6 is 0 Å². The van der Waals surface area contributed by atoms with Crippen molar-refractivity contribution in [1.29, 1.82) is 0 Å². The number of ether oxygens (including phenoxy) is 1. The van der Waals surface area contributed by atoms with E-state index in [0.717, 1.165) is 32.5 Å². The third-order valence-corrected chi connectivity index (χ3v) is 4.40. The van der Waals surface area contributed by atoms with E-state index in [9.17, 15) is 9.18 Å². The molecule has 1 aliphatic rings. The maximum atomic E-state index is 13.5. The van der Waals surface area contributed by atoms with Crippen LogP contribution in [-0.4, -0.2) is 36.5 Å². The summed E-state index contributed by atoms with van der Waals surface area (Å²) in [5.41, 5.74) is 1.31. The molecule has 1 heterocycles. The molecule has 140 valence electrons. The largest absolute Gasteiger partial charge is 1.00 e. The first kappa shape index (κ1) is 20.2. The normalized spacial score (nSPS) is 15.1. The quantitative estimate of drug-likeness (QED) is 0.770. The van der Waals surface area contributed by atoms with Crippen molar-refractivity contribution in [2.24, 2.45) is 0 Å². The molecular formula is C20H23ClFN2O2-. The Morgan fingerprint density at radius 2 is 1.73 bits per heavy atom. The molecule has 0 radical (unpaired) electrons. The van der Waals surface area contributed by atoms with Crippen molar-refractivity contribution in [1.82, 2.24) is 10.2 Å². The van der Waals surface area contributed by atoms with Gasteiger partial charge in [-0.25, -0.2) is 4.39 Å². The Bertz CT molecular complexity index is 691. The summed E-state index contributed by atoms with van der Waals surface area (Å²) in [7, 11) is 0. The average molecular weight is 378 g/mol. The highest BCUT2D eigenvalue weighted by Crippen LogP contribution is 2.16. The van der Waals surface area contributed by atoms with E-state index in [1.807, 2.05) is 6.07 Å². The van der Waals surface area contributed by atoms with E-state index in [0.29, 0.717) is 0 Å². The van der Waals surface area contributed by atoms with Gasteiger partial charge in [0.25, 0.3) is 5.91 Å². The van der Waals surface area contributed by atoms with Crippen molar-refractivity contribution < 1.29 is 26.3 Å². The molecular weight excluding hydrogens is 355 g/mol. The SMILES string of the molecule is O=C(COc1ccccc1F)NC1CCN(Cc2ccccc2)CC1.[Cl-]. The Balaban J connectivity index is 0.00000243. The zero-order chi connectivity index (χ0) is 17.5. The number of amides is 1. The van der Waals surface area contributed by atoms with Gasteiger partial charge in [0.2, 0.25) is 0 Å². The summed E-state index contributed by atoms with van der Waals surface area (Å²) < 4.78 is 18.7. The van der Waals surface area contributed by atoms with E-state index in [2.05, 4.69) is 34.5 Å². The number of hydrogen-bond acceptors (Lipinski definition) is 3. The van der Waals surface area contributed by atoms with Crippen LogP contribution in [-0.2, 0) is 11.3 Å². The molecule has 0 spiro atoms. The smallest absolute Gasteiger partial charge is 0.258 e. The van der Waals surface area contributed by atoms with Gasteiger partial charge >= 0.3 is 0 Å². The Morgan fingerprint density at radius 3 is 2.42 bits per heavy atom. The summed E-state index contributed by atoms with van der Waals surface area (Å²) in [5, 5.41) is 2.98. The van der Waals surface area contributed by atoms with Crippen molar-refractivity contribution in [3.05, 3.63) is 66.0 Å². The lowest BCUT2D eigenvalue weighted by atomic mass is 10.0. The highest BCUT2D eigenvalue weighted by atomic mass is 35.5. The van der Waals surface area contributed by atoms with Crippen molar-refractivity contribution in [3.8, 4) is 5.75 Å². The summed E-state index contributed by atoms with van der Waals surface area (Å²) in [4.78, 5) is 14.4. The minimum absolute atomic E-state index is 0. The Morgan fingerprint density at radius 1 is 1.08 bits per heavy atom. The number of carbonyl (C=O) groups is 1. The molecule has 0 bridgehead atoms. The number of hydrogen-bond donors (Lipinski definition) is 1. The van der Waals surface area contributed by atoms with E-state index in [1.165, 1.54) is 17.7 Å². The molecule has 26 heavy (non-hydrogen) atoms. The fraction of sp³-hybridized carbons (Fsp3) is 0.350. The molecule has 0 aromatic heterocycles. The van der Waals surface area contributed by atoms with Gasteiger partial charge in [-0.3, -0.25) is 9.69 Å². The van der Waals surface area contributed by atoms with Gasteiger partial charge in [-0.05, 0) is 30.5 Å². The number of para-hydroxylation sites is 1. The molecule has 1 saturated heterocycles. The Labute approximate surface area is 159 Å². The van der Waals surface area contributed by atoms with Gasteiger partial charge in [-0.1, -0.05) is 42.5 Å². The molecule has 1 amide bonds. The van der Waals surface area contributed by atoms with Crippen LogP contribution in [0.25, 0.3) is 0 Å². The van der Waals surface area contributed by atoms with Gasteiger partial charge in [0.15, 0.2) is 18.2 Å². The topological polar surface area (TPSA) is 41.6 Å². The third kappa shape index (κ3) is 6.00. The zero-order valence-electron chi connectivity index (χ0n) is 14.5. The number of carbonyl (C=O) groups excluding carboxylic acids is 1. The summed E-state index contributed by atoms with van der Waals surface area (Å²) >= 11 is 0. The van der Waals surface area contributed by atoms with Crippen LogP contribution in [0.1, 0.15) is 18.4 Å². The van der Waals surface area contributed by atoms with Gasteiger partial charge in [-0.15, -0.1) is 0 Å². The minimum atomic E-state index is -0.454. The number of likely N-dealkylation sites (tertiary alicyclic amines) is 1. The fourth-order valence-electron chi connectivity index (χ4n) is 3.05. The monoisotopic (exact) mass is 377 g/mol. The van der Waals surface area contributed by atoms with Gasteiger partial charge in [-0.2, -0.15) is 0 Å². The van der Waals surface area contributed by atoms with E-state index < -0.39 is 5.82 Å². The Kier molecular flexibility index (Phi) is 7.88. The second kappa shape index (κ2) is 10.1. The standard InChI is InChI=1S/C20H23FN2O2.ClH/c21-18-8-4-5-9-19(18)25-15-20(24)22-17-10-12-23(13-11-17)14-16-6-2-1-3-7-16;/h1-9,17H,10-15H2,(H,22,24);1H/p-1. The second-order valence-corrected chi connectivity index (χ2v) is 6.32. The minimum Gasteiger partial charge on any atom is -1.00 e. The summed E-state index contributed by atoms with van der Waals surface area (Å²) in [5.74, 6) is -0.551. The maximum Gasteiger partial charge on any atom is 0.258 e. The molecule has 6 heteroatoms. The number of nitrogens with zero attached hydrogens (tertiary/aromatic N) is 1. The van der Waals surface area contributed by atoms with Crippen LogP contribution in [0, 0.1) is 5.82 Å². The van der Waals surface area contributed by atoms with E-state index in [1.54, 1.807) is 12.1 Å². The lowest BCUT2D eigenvalue weighted by molar-refractivity contribution is -0.124. The molecule has 0 unspecified atom stereocenters. The van der Waals surface area contributed by atoms with Crippen LogP contribution < -0.4 is 22.5 Å². The molecule has 1 N–H and O–H groups in total. The fourth-order valence-corrected chi connectivity index (χ4v) is 3.05. The van der Waals surface area contributed by atoms with Crippen molar-refractivity contribution in [2.45, 2.75) is 25.4 Å². The first-order chi connectivity index (χ1) is 12.2. The average Bonchev–Trinajstić information content (AvgIpc) is 2.64. The van der Waals surface area contributed by atoms with Gasteiger partial charge in [0.05, 0.1) is 0 Å². The lowest BCUT2D eigenvalue weighted by Crippen LogP contribution is -3.00. The molecule has 0 aliphatic carbocycles. The first-order valence-corrected chi connectivity index (χ1v) is 8.63. The maximum absolute atomic E-state index is 13.5. The number of rotatable bonds is 6. The van der Waals surface area contributed by atoms with Gasteiger partial charge < -0.3 is 22.5 Å². The molecule has 1 aliphatic heterocycles. The molecule has 1 fully saturated rings. The lowest BCUT2D eigenvalue weighted by Gasteiger charge is -2.32. The molecule has 3 rings (SSSR count). The molecule has 2 aromatic rings. The molecule has 2 aromatic carbocycles. The number of piperidine rings is 1. The predicted molar refractivity (Wildman–Crippen MR) is 94.8 cm³/mol. The van der Waals surface area contributed by atoms with E-state index >= 15 is 0 Å². The van der Waals surface area contributed by atoms with Gasteiger partial charge in [0, 0.05) is 25.7 Å². The third-order valence-electron chi connectivity index (χ3n) is 4.40. The van der Waals surface area contributed by atoms with Gasteiger partial charge in [0.1, 0.15) is 0 Å². The molecule has 4 nitrogen and oxygen atoms in total. The second-order valence-electron chi connectivity index (χ2n) is 6.32. The summed E-state index contributed by atoms with van der Waals surface area (Å²) in [6, 6.07) is 16.7. The molecule has 0 saturated carbocycles.